The Morgan fingerprint density at radius 1 is 0.969 bits per heavy atom. The molecule has 0 bridgehead atoms. The number of hydrogen-bond acceptors (Lipinski definition) is 4. The predicted octanol–water partition coefficient (Wildman–Crippen LogP) is 4.28. The number of sulfonamides is 1. The van der Waals surface area contributed by atoms with Crippen LogP contribution in [-0.4, -0.2) is 41.1 Å². The van der Waals surface area contributed by atoms with Crippen LogP contribution < -0.4 is 5.32 Å². The molecule has 2 heterocycles. The normalized spacial score (nSPS) is 11.7. The lowest BCUT2D eigenvalue weighted by molar-refractivity contribution is 0.102. The zero-order chi connectivity index (χ0) is 22.7. The second-order valence-corrected chi connectivity index (χ2v) is 9.11. The molecular weight excluding hydrogens is 424 g/mol. The Morgan fingerprint density at radius 3 is 2.41 bits per heavy atom. The molecule has 0 spiro atoms. The molecule has 164 valence electrons. The van der Waals surface area contributed by atoms with Crippen molar-refractivity contribution in [2.75, 3.05) is 18.4 Å². The smallest absolute Gasteiger partial charge is 0.256 e. The number of imidazole rings is 1. The van der Waals surface area contributed by atoms with Crippen LogP contribution in [0.25, 0.3) is 16.9 Å². The van der Waals surface area contributed by atoms with E-state index in [0.717, 1.165) is 5.56 Å². The van der Waals surface area contributed by atoms with Crippen molar-refractivity contribution in [3.05, 3.63) is 84.6 Å². The molecule has 0 unspecified atom stereocenters. The average molecular weight is 449 g/mol. The van der Waals surface area contributed by atoms with Gasteiger partial charge in [-0.25, -0.2) is 13.4 Å². The Hall–Kier alpha value is -3.49. The number of hydrogen-bond donors (Lipinski definition) is 1. The van der Waals surface area contributed by atoms with Gasteiger partial charge in [0.15, 0.2) is 0 Å². The number of nitrogens with zero attached hydrogens (tertiary/aromatic N) is 3. The summed E-state index contributed by atoms with van der Waals surface area (Å²) in [7, 11) is -3.67. The summed E-state index contributed by atoms with van der Waals surface area (Å²) >= 11 is 0. The van der Waals surface area contributed by atoms with Crippen molar-refractivity contribution in [2.45, 2.75) is 18.7 Å². The van der Waals surface area contributed by atoms with E-state index in [1.54, 1.807) is 30.4 Å². The lowest BCUT2D eigenvalue weighted by Gasteiger charge is -2.18. The van der Waals surface area contributed by atoms with Gasteiger partial charge in [-0.05, 0) is 30.3 Å². The summed E-state index contributed by atoms with van der Waals surface area (Å²) in [5.41, 5.74) is 2.45. The zero-order valence-electron chi connectivity index (χ0n) is 17.9. The summed E-state index contributed by atoms with van der Waals surface area (Å²) in [6, 6.07) is 21.3. The molecule has 2 aromatic heterocycles. The van der Waals surface area contributed by atoms with Crippen molar-refractivity contribution in [2.24, 2.45) is 0 Å². The summed E-state index contributed by atoms with van der Waals surface area (Å²) in [5.74, 6) is 0.109. The van der Waals surface area contributed by atoms with Crippen LogP contribution in [-0.2, 0) is 10.0 Å². The number of nitrogens with one attached hydrogen (secondary N) is 1. The van der Waals surface area contributed by atoms with Crippen LogP contribution in [0.2, 0.25) is 0 Å². The molecule has 32 heavy (non-hydrogen) atoms. The predicted molar refractivity (Wildman–Crippen MR) is 125 cm³/mol. The first-order valence-corrected chi connectivity index (χ1v) is 11.8. The van der Waals surface area contributed by atoms with Gasteiger partial charge in [0, 0.05) is 30.4 Å². The van der Waals surface area contributed by atoms with Crippen LogP contribution in [0, 0.1) is 0 Å². The molecule has 0 aliphatic heterocycles. The number of anilines is 1. The molecular formula is C24H24N4O3S. The van der Waals surface area contributed by atoms with Gasteiger partial charge in [0.1, 0.15) is 17.2 Å². The first kappa shape index (κ1) is 21.7. The number of pyridine rings is 1. The van der Waals surface area contributed by atoms with Crippen molar-refractivity contribution in [1.82, 2.24) is 13.7 Å². The molecule has 0 atom stereocenters. The quantitative estimate of drug-likeness (QED) is 0.457. The average Bonchev–Trinajstić information content (AvgIpc) is 3.19. The lowest BCUT2D eigenvalue weighted by Crippen LogP contribution is -2.30. The van der Waals surface area contributed by atoms with E-state index >= 15 is 0 Å². The van der Waals surface area contributed by atoms with Gasteiger partial charge in [-0.2, -0.15) is 4.31 Å². The summed E-state index contributed by atoms with van der Waals surface area (Å²) in [5, 5.41) is 2.94. The Labute approximate surface area is 187 Å². The van der Waals surface area contributed by atoms with Crippen LogP contribution in [0.15, 0.2) is 83.9 Å². The molecule has 1 N–H and O–H groups in total. The minimum Gasteiger partial charge on any atom is -0.306 e. The Kier molecular flexibility index (Phi) is 6.07. The summed E-state index contributed by atoms with van der Waals surface area (Å²) in [6.45, 7) is 4.29. The third kappa shape index (κ3) is 4.02. The molecule has 0 saturated carbocycles. The SMILES string of the molecule is CCN(CC)S(=O)(=O)c1cccc(C(=O)Nc2c(-c3ccccc3)nc3ccccn23)c1. The lowest BCUT2D eigenvalue weighted by atomic mass is 10.1. The number of benzene rings is 2. The number of fused-ring (bicyclic) bond motifs is 1. The third-order valence-corrected chi connectivity index (χ3v) is 7.29. The molecule has 8 heteroatoms. The summed E-state index contributed by atoms with van der Waals surface area (Å²) in [6.07, 6.45) is 1.83. The van der Waals surface area contributed by atoms with E-state index in [2.05, 4.69) is 10.3 Å². The number of rotatable bonds is 7. The monoisotopic (exact) mass is 448 g/mol. The van der Waals surface area contributed by atoms with Gasteiger partial charge in [-0.15, -0.1) is 0 Å². The van der Waals surface area contributed by atoms with E-state index in [4.69, 9.17) is 0 Å². The Bertz CT molecular complexity index is 1360. The first-order valence-electron chi connectivity index (χ1n) is 10.4. The highest BCUT2D eigenvalue weighted by Crippen LogP contribution is 2.29. The molecule has 1 amide bonds. The molecule has 4 aromatic rings. The Morgan fingerprint density at radius 2 is 1.69 bits per heavy atom. The second-order valence-electron chi connectivity index (χ2n) is 7.18. The van der Waals surface area contributed by atoms with Gasteiger partial charge in [0.05, 0.1) is 4.90 Å². The fraction of sp³-hybridized carbons (Fsp3) is 0.167. The fourth-order valence-electron chi connectivity index (χ4n) is 3.60. The zero-order valence-corrected chi connectivity index (χ0v) is 18.7. The summed E-state index contributed by atoms with van der Waals surface area (Å²) in [4.78, 5) is 17.9. The van der Waals surface area contributed by atoms with Crippen molar-refractivity contribution >= 4 is 27.4 Å². The molecule has 0 saturated heterocycles. The van der Waals surface area contributed by atoms with E-state index < -0.39 is 15.9 Å². The summed E-state index contributed by atoms with van der Waals surface area (Å²) < 4.78 is 28.9. The maximum Gasteiger partial charge on any atom is 0.256 e. The minimum absolute atomic E-state index is 0.0928. The van der Waals surface area contributed by atoms with E-state index in [1.807, 2.05) is 54.7 Å². The van der Waals surface area contributed by atoms with Gasteiger partial charge < -0.3 is 5.32 Å². The van der Waals surface area contributed by atoms with E-state index in [0.29, 0.717) is 30.2 Å². The van der Waals surface area contributed by atoms with Crippen LogP contribution in [0.1, 0.15) is 24.2 Å². The third-order valence-electron chi connectivity index (χ3n) is 5.25. The highest BCUT2D eigenvalue weighted by molar-refractivity contribution is 7.89. The van der Waals surface area contributed by atoms with Crippen LogP contribution in [0.3, 0.4) is 0 Å². The van der Waals surface area contributed by atoms with Crippen LogP contribution in [0.5, 0.6) is 0 Å². The van der Waals surface area contributed by atoms with Crippen LogP contribution >= 0.6 is 0 Å². The molecule has 0 aliphatic carbocycles. The molecule has 0 aliphatic rings. The van der Waals surface area contributed by atoms with Crippen molar-refractivity contribution in [3.8, 4) is 11.3 Å². The Balaban J connectivity index is 1.73. The maximum absolute atomic E-state index is 13.2. The second kappa shape index (κ2) is 8.94. The molecule has 4 rings (SSSR count). The van der Waals surface area contributed by atoms with Gasteiger partial charge >= 0.3 is 0 Å². The molecule has 0 radical (unpaired) electrons. The fourth-order valence-corrected chi connectivity index (χ4v) is 5.11. The number of aromatic nitrogens is 2. The van der Waals surface area contributed by atoms with Crippen LogP contribution in [0.4, 0.5) is 5.82 Å². The van der Waals surface area contributed by atoms with Gasteiger partial charge in [-0.1, -0.05) is 56.3 Å². The first-order chi connectivity index (χ1) is 15.5. The maximum atomic E-state index is 13.2. The molecule has 0 fully saturated rings. The highest BCUT2D eigenvalue weighted by atomic mass is 32.2. The topological polar surface area (TPSA) is 83.8 Å². The number of amides is 1. The standard InChI is InChI=1S/C24H24N4O3S/c1-3-27(4-2)32(30,31)20-14-10-13-19(17-20)24(29)26-23-22(18-11-6-5-7-12-18)25-21-15-8-9-16-28(21)23/h5-17H,3-4H2,1-2H3,(H,26,29). The van der Waals surface area contributed by atoms with Crippen molar-refractivity contribution in [3.63, 3.8) is 0 Å². The van der Waals surface area contributed by atoms with Gasteiger partial charge in [0.2, 0.25) is 10.0 Å². The van der Waals surface area contributed by atoms with Crippen molar-refractivity contribution < 1.29 is 13.2 Å². The number of carbonyl (C=O) groups is 1. The van der Waals surface area contributed by atoms with Crippen molar-refractivity contribution in [1.29, 1.82) is 0 Å². The largest absolute Gasteiger partial charge is 0.306 e. The highest BCUT2D eigenvalue weighted by Gasteiger charge is 2.23. The minimum atomic E-state index is -3.67. The molecule has 2 aromatic carbocycles. The van der Waals surface area contributed by atoms with Gasteiger partial charge in [0.25, 0.3) is 5.91 Å². The van der Waals surface area contributed by atoms with E-state index in [9.17, 15) is 13.2 Å². The van der Waals surface area contributed by atoms with E-state index in [-0.39, 0.29) is 10.5 Å². The van der Waals surface area contributed by atoms with Gasteiger partial charge in [-0.3, -0.25) is 9.20 Å². The van der Waals surface area contributed by atoms with E-state index in [1.165, 1.54) is 16.4 Å². The molecule has 7 nitrogen and oxygen atoms in total. The number of carbonyl (C=O) groups excluding carboxylic acids is 1.